The summed E-state index contributed by atoms with van der Waals surface area (Å²) in [7, 11) is 2.24. The van der Waals surface area contributed by atoms with Crippen LogP contribution in [0.25, 0.3) is 0 Å². The Kier molecular flexibility index (Phi) is 2.63. The third-order valence-corrected chi connectivity index (χ3v) is 3.11. The molecule has 0 radical (unpaired) electrons. The molecule has 2 aliphatic rings. The summed E-state index contributed by atoms with van der Waals surface area (Å²) >= 11 is 0. The van der Waals surface area contributed by atoms with Crippen molar-refractivity contribution in [3.63, 3.8) is 0 Å². The molecular formula is C9H19N3. The molecule has 0 amide bonds. The number of hydrogen-bond donors (Lipinski definition) is 2. The summed E-state index contributed by atoms with van der Waals surface area (Å²) in [5, 5.41) is 7.03. The monoisotopic (exact) mass is 169 g/mol. The molecule has 0 aliphatic carbocycles. The Bertz CT molecular complexity index is 143. The molecule has 2 rings (SSSR count). The van der Waals surface area contributed by atoms with Gasteiger partial charge in [0.1, 0.15) is 0 Å². The standard InChI is InChI=1S/C9H19N3/c1-12-6-2-3-9(12)8-7-10-4-5-11-8/h8-11H,2-7H2,1H3. The van der Waals surface area contributed by atoms with Gasteiger partial charge in [-0.05, 0) is 26.4 Å². The van der Waals surface area contributed by atoms with E-state index in [0.717, 1.165) is 25.7 Å². The smallest absolute Gasteiger partial charge is 0.0349 e. The lowest BCUT2D eigenvalue weighted by atomic mass is 10.0. The highest BCUT2D eigenvalue weighted by molar-refractivity contribution is 4.90. The van der Waals surface area contributed by atoms with E-state index >= 15 is 0 Å². The van der Waals surface area contributed by atoms with E-state index in [1.54, 1.807) is 0 Å². The molecule has 0 spiro atoms. The van der Waals surface area contributed by atoms with Crippen LogP contribution in [-0.2, 0) is 0 Å². The highest BCUT2D eigenvalue weighted by Gasteiger charge is 2.29. The van der Waals surface area contributed by atoms with E-state index in [1.165, 1.54) is 19.4 Å². The highest BCUT2D eigenvalue weighted by atomic mass is 15.2. The van der Waals surface area contributed by atoms with Gasteiger partial charge in [-0.2, -0.15) is 0 Å². The number of rotatable bonds is 1. The molecule has 2 aliphatic heterocycles. The van der Waals surface area contributed by atoms with E-state index in [-0.39, 0.29) is 0 Å². The molecule has 0 aromatic heterocycles. The fourth-order valence-electron chi connectivity index (χ4n) is 2.39. The van der Waals surface area contributed by atoms with Gasteiger partial charge in [-0.25, -0.2) is 0 Å². The molecule has 0 saturated carbocycles. The number of nitrogens with one attached hydrogen (secondary N) is 2. The highest BCUT2D eigenvalue weighted by Crippen LogP contribution is 2.18. The number of likely N-dealkylation sites (N-methyl/N-ethyl adjacent to an activating group) is 1. The minimum atomic E-state index is 0.686. The second-order valence-corrected chi connectivity index (χ2v) is 3.95. The molecular weight excluding hydrogens is 150 g/mol. The molecule has 3 nitrogen and oxygen atoms in total. The van der Waals surface area contributed by atoms with Gasteiger partial charge < -0.3 is 15.5 Å². The summed E-state index contributed by atoms with van der Waals surface area (Å²) in [6.07, 6.45) is 2.75. The van der Waals surface area contributed by atoms with Gasteiger partial charge in [0.15, 0.2) is 0 Å². The molecule has 2 heterocycles. The fourth-order valence-corrected chi connectivity index (χ4v) is 2.39. The minimum Gasteiger partial charge on any atom is -0.314 e. The second kappa shape index (κ2) is 3.73. The SMILES string of the molecule is CN1CCCC1C1CNCCN1. The Hall–Kier alpha value is -0.120. The molecule has 0 aromatic rings. The molecule has 2 saturated heterocycles. The molecule has 2 atom stereocenters. The normalized spacial score (nSPS) is 38.8. The lowest BCUT2D eigenvalue weighted by Crippen LogP contribution is -2.56. The Morgan fingerprint density at radius 1 is 1.33 bits per heavy atom. The maximum atomic E-state index is 3.59. The van der Waals surface area contributed by atoms with Crippen molar-refractivity contribution < 1.29 is 0 Å². The van der Waals surface area contributed by atoms with Crippen molar-refractivity contribution in [3.8, 4) is 0 Å². The van der Waals surface area contributed by atoms with Crippen LogP contribution in [0.5, 0.6) is 0 Å². The minimum absolute atomic E-state index is 0.686. The summed E-state index contributed by atoms with van der Waals surface area (Å²) in [6.45, 7) is 4.69. The van der Waals surface area contributed by atoms with Crippen LogP contribution in [0.2, 0.25) is 0 Å². The molecule has 12 heavy (non-hydrogen) atoms. The van der Waals surface area contributed by atoms with Gasteiger partial charge >= 0.3 is 0 Å². The predicted octanol–water partition coefficient (Wildman–Crippen LogP) is -0.358. The van der Waals surface area contributed by atoms with Crippen LogP contribution < -0.4 is 10.6 Å². The predicted molar refractivity (Wildman–Crippen MR) is 50.3 cm³/mol. The average Bonchev–Trinajstić information content (AvgIpc) is 2.53. The summed E-state index contributed by atoms with van der Waals surface area (Å²) in [4.78, 5) is 2.49. The quantitative estimate of drug-likeness (QED) is 0.561. The first-order chi connectivity index (χ1) is 5.88. The van der Waals surface area contributed by atoms with E-state index in [1.807, 2.05) is 0 Å². The van der Waals surface area contributed by atoms with E-state index < -0.39 is 0 Å². The van der Waals surface area contributed by atoms with Gasteiger partial charge in [-0.3, -0.25) is 0 Å². The van der Waals surface area contributed by atoms with Crippen LogP contribution in [0.3, 0.4) is 0 Å². The van der Waals surface area contributed by atoms with Gasteiger partial charge in [0.2, 0.25) is 0 Å². The van der Waals surface area contributed by atoms with Crippen molar-refractivity contribution in [2.45, 2.75) is 24.9 Å². The van der Waals surface area contributed by atoms with Crippen LogP contribution in [0.1, 0.15) is 12.8 Å². The molecule has 70 valence electrons. The Labute approximate surface area is 74.5 Å². The van der Waals surface area contributed by atoms with Crippen LogP contribution in [0.4, 0.5) is 0 Å². The van der Waals surface area contributed by atoms with Crippen LogP contribution in [-0.4, -0.2) is 50.2 Å². The lowest BCUT2D eigenvalue weighted by molar-refractivity contribution is 0.227. The van der Waals surface area contributed by atoms with Crippen molar-refractivity contribution >= 4 is 0 Å². The first-order valence-electron chi connectivity index (χ1n) is 5.02. The Morgan fingerprint density at radius 3 is 2.83 bits per heavy atom. The number of hydrogen-bond acceptors (Lipinski definition) is 3. The molecule has 2 unspecified atom stereocenters. The van der Waals surface area contributed by atoms with Crippen molar-refractivity contribution in [3.05, 3.63) is 0 Å². The first-order valence-corrected chi connectivity index (χ1v) is 5.02. The third kappa shape index (κ3) is 1.63. The molecule has 2 N–H and O–H groups in total. The average molecular weight is 169 g/mol. The van der Waals surface area contributed by atoms with E-state index in [4.69, 9.17) is 0 Å². The second-order valence-electron chi connectivity index (χ2n) is 3.95. The van der Waals surface area contributed by atoms with Crippen LogP contribution in [0, 0.1) is 0 Å². The van der Waals surface area contributed by atoms with Gasteiger partial charge in [0, 0.05) is 31.7 Å². The largest absolute Gasteiger partial charge is 0.314 e. The molecule has 3 heteroatoms. The Balaban J connectivity index is 1.89. The van der Waals surface area contributed by atoms with Crippen molar-refractivity contribution in [2.75, 3.05) is 33.2 Å². The van der Waals surface area contributed by atoms with E-state index in [2.05, 4.69) is 22.6 Å². The van der Waals surface area contributed by atoms with Gasteiger partial charge in [0.25, 0.3) is 0 Å². The Morgan fingerprint density at radius 2 is 2.25 bits per heavy atom. The van der Waals surface area contributed by atoms with Crippen molar-refractivity contribution in [1.29, 1.82) is 0 Å². The number of piperazine rings is 1. The molecule has 0 aromatic carbocycles. The summed E-state index contributed by atoms with van der Waals surface area (Å²) in [5.74, 6) is 0. The number of nitrogens with zero attached hydrogens (tertiary/aromatic N) is 1. The summed E-state index contributed by atoms with van der Waals surface area (Å²) in [6, 6.07) is 1.46. The summed E-state index contributed by atoms with van der Waals surface area (Å²) in [5.41, 5.74) is 0. The van der Waals surface area contributed by atoms with Crippen LogP contribution >= 0.6 is 0 Å². The van der Waals surface area contributed by atoms with Crippen molar-refractivity contribution in [2.24, 2.45) is 0 Å². The zero-order chi connectivity index (χ0) is 8.39. The number of likely N-dealkylation sites (tertiary alicyclic amines) is 1. The maximum absolute atomic E-state index is 3.59. The van der Waals surface area contributed by atoms with E-state index in [0.29, 0.717) is 6.04 Å². The van der Waals surface area contributed by atoms with Gasteiger partial charge in [0.05, 0.1) is 0 Å². The topological polar surface area (TPSA) is 27.3 Å². The zero-order valence-electron chi connectivity index (χ0n) is 7.84. The van der Waals surface area contributed by atoms with Gasteiger partial charge in [-0.15, -0.1) is 0 Å². The van der Waals surface area contributed by atoms with Crippen LogP contribution in [0.15, 0.2) is 0 Å². The van der Waals surface area contributed by atoms with Gasteiger partial charge in [-0.1, -0.05) is 0 Å². The first kappa shape index (κ1) is 8.48. The fraction of sp³-hybridized carbons (Fsp3) is 1.00. The maximum Gasteiger partial charge on any atom is 0.0349 e. The van der Waals surface area contributed by atoms with E-state index in [9.17, 15) is 0 Å². The third-order valence-electron chi connectivity index (χ3n) is 3.11. The molecule has 2 fully saturated rings. The summed E-state index contributed by atoms with van der Waals surface area (Å²) < 4.78 is 0. The molecule has 0 bridgehead atoms. The zero-order valence-corrected chi connectivity index (χ0v) is 7.84. The lowest BCUT2D eigenvalue weighted by Gasteiger charge is -2.33. The van der Waals surface area contributed by atoms with Crippen molar-refractivity contribution in [1.82, 2.24) is 15.5 Å².